The van der Waals surface area contributed by atoms with Crippen molar-refractivity contribution in [3.8, 4) is 0 Å². The normalized spacial score (nSPS) is 11.8. The SMILES string of the molecule is Cc1ccc2c(c1)oc(=O)c1c3nc(CCl)[n+]([O-])c(C)c3oc21. The Balaban J connectivity index is 2.30. The van der Waals surface area contributed by atoms with Crippen LogP contribution in [0.25, 0.3) is 33.0 Å². The minimum Gasteiger partial charge on any atom is -0.710 e. The first-order chi connectivity index (χ1) is 11.0. The topological polar surface area (TPSA) is 83.2 Å². The molecule has 0 saturated heterocycles. The van der Waals surface area contributed by atoms with Gasteiger partial charge < -0.3 is 14.0 Å². The van der Waals surface area contributed by atoms with Crippen molar-refractivity contribution in [1.29, 1.82) is 0 Å². The first kappa shape index (κ1) is 14.0. The van der Waals surface area contributed by atoms with E-state index in [0.29, 0.717) is 32.5 Å². The van der Waals surface area contributed by atoms with Crippen molar-refractivity contribution < 1.29 is 13.6 Å². The lowest BCUT2D eigenvalue weighted by molar-refractivity contribution is -0.621. The molecule has 116 valence electrons. The fourth-order valence-corrected chi connectivity index (χ4v) is 2.92. The molecule has 7 heteroatoms. The lowest BCUT2D eigenvalue weighted by atomic mass is 10.1. The zero-order chi connectivity index (χ0) is 16.3. The van der Waals surface area contributed by atoms with Crippen LogP contribution in [0.3, 0.4) is 0 Å². The van der Waals surface area contributed by atoms with Gasteiger partial charge in [-0.05, 0) is 29.6 Å². The molecule has 0 unspecified atom stereocenters. The molecule has 1 aromatic carbocycles. The molecule has 4 rings (SSSR count). The minimum atomic E-state index is -0.548. The van der Waals surface area contributed by atoms with Crippen LogP contribution < -0.4 is 10.4 Å². The number of hydrogen-bond donors (Lipinski definition) is 0. The average Bonchev–Trinajstić information content (AvgIpc) is 2.91. The molecule has 0 aliphatic heterocycles. The molecule has 0 saturated carbocycles. The van der Waals surface area contributed by atoms with E-state index >= 15 is 0 Å². The van der Waals surface area contributed by atoms with Crippen molar-refractivity contribution in [3.05, 3.63) is 50.9 Å². The van der Waals surface area contributed by atoms with E-state index < -0.39 is 5.63 Å². The van der Waals surface area contributed by atoms with Gasteiger partial charge in [-0.2, -0.15) is 0 Å². The van der Waals surface area contributed by atoms with Crippen molar-refractivity contribution in [2.24, 2.45) is 0 Å². The Morgan fingerprint density at radius 3 is 2.78 bits per heavy atom. The Morgan fingerprint density at radius 2 is 2.04 bits per heavy atom. The second kappa shape index (κ2) is 4.70. The van der Waals surface area contributed by atoms with Gasteiger partial charge >= 0.3 is 11.4 Å². The molecule has 0 fully saturated rings. The van der Waals surface area contributed by atoms with E-state index in [2.05, 4.69) is 4.98 Å². The number of alkyl halides is 1. The van der Waals surface area contributed by atoms with Crippen molar-refractivity contribution >= 4 is 44.6 Å². The molecular formula is C16H11ClN2O4. The Bertz CT molecular complexity index is 1160. The molecule has 0 atom stereocenters. The second-order valence-corrected chi connectivity index (χ2v) is 5.68. The highest BCUT2D eigenvalue weighted by Gasteiger charge is 2.25. The van der Waals surface area contributed by atoms with Gasteiger partial charge in [0.05, 0.1) is 5.39 Å². The molecular weight excluding hydrogens is 320 g/mol. The molecule has 6 nitrogen and oxygen atoms in total. The van der Waals surface area contributed by atoms with Crippen LogP contribution in [0.4, 0.5) is 0 Å². The number of benzene rings is 1. The van der Waals surface area contributed by atoms with E-state index in [0.717, 1.165) is 5.56 Å². The zero-order valence-corrected chi connectivity index (χ0v) is 13.1. The van der Waals surface area contributed by atoms with Gasteiger partial charge in [0.2, 0.25) is 11.1 Å². The van der Waals surface area contributed by atoms with Crippen LogP contribution in [0.5, 0.6) is 0 Å². The van der Waals surface area contributed by atoms with Crippen molar-refractivity contribution in [2.75, 3.05) is 0 Å². The first-order valence-corrected chi connectivity index (χ1v) is 7.49. The highest BCUT2D eigenvalue weighted by Crippen LogP contribution is 2.31. The highest BCUT2D eigenvalue weighted by atomic mass is 35.5. The summed E-state index contributed by atoms with van der Waals surface area (Å²) in [6.07, 6.45) is 0. The summed E-state index contributed by atoms with van der Waals surface area (Å²) in [4.78, 5) is 16.6. The second-order valence-electron chi connectivity index (χ2n) is 5.41. The summed E-state index contributed by atoms with van der Waals surface area (Å²) in [6.45, 7) is 3.50. The Labute approximate surface area is 134 Å². The van der Waals surface area contributed by atoms with Crippen LogP contribution in [0, 0.1) is 19.1 Å². The van der Waals surface area contributed by atoms with Crippen LogP contribution in [0.1, 0.15) is 17.1 Å². The van der Waals surface area contributed by atoms with Crippen LogP contribution in [0.15, 0.2) is 31.8 Å². The first-order valence-electron chi connectivity index (χ1n) is 6.96. The zero-order valence-electron chi connectivity index (χ0n) is 12.3. The summed E-state index contributed by atoms with van der Waals surface area (Å²) < 4.78 is 11.8. The lowest BCUT2D eigenvalue weighted by Gasteiger charge is -2.06. The van der Waals surface area contributed by atoms with Crippen molar-refractivity contribution in [2.45, 2.75) is 19.7 Å². The van der Waals surface area contributed by atoms with Gasteiger partial charge in [0.25, 0.3) is 0 Å². The molecule has 3 aromatic heterocycles. The quantitative estimate of drug-likeness (QED) is 0.232. The number of aromatic nitrogens is 2. The van der Waals surface area contributed by atoms with E-state index in [1.165, 1.54) is 0 Å². The van der Waals surface area contributed by atoms with Crippen LogP contribution in [-0.2, 0) is 5.88 Å². The van der Waals surface area contributed by atoms with Gasteiger partial charge in [-0.3, -0.25) is 0 Å². The summed E-state index contributed by atoms with van der Waals surface area (Å²) in [5, 5.41) is 13.0. The van der Waals surface area contributed by atoms with E-state index in [1.54, 1.807) is 13.0 Å². The molecule has 0 N–H and O–H groups in total. The highest BCUT2D eigenvalue weighted by molar-refractivity contribution is 6.17. The monoisotopic (exact) mass is 330 g/mol. The molecule has 0 amide bonds. The maximum absolute atomic E-state index is 12.4. The van der Waals surface area contributed by atoms with Crippen LogP contribution >= 0.6 is 11.6 Å². The number of furan rings is 1. The molecule has 0 aliphatic rings. The van der Waals surface area contributed by atoms with Gasteiger partial charge in [0, 0.05) is 6.92 Å². The summed E-state index contributed by atoms with van der Waals surface area (Å²) in [7, 11) is 0. The Hall–Kier alpha value is -2.60. The maximum Gasteiger partial charge on any atom is 0.352 e. The molecule has 3 heterocycles. The third-order valence-electron chi connectivity index (χ3n) is 3.90. The standard InChI is InChI=1S/C16H11ClN2O4/c1-7-3-4-9-10(5-7)22-16(20)12-13-14(23-15(9)12)8(2)19(21)11(6-17)18-13/h3-5H,6H2,1-2H3. The summed E-state index contributed by atoms with van der Waals surface area (Å²) in [6, 6.07) is 5.48. The molecule has 0 aliphatic carbocycles. The lowest BCUT2D eigenvalue weighted by Crippen LogP contribution is -2.36. The predicted octanol–water partition coefficient (Wildman–Crippen LogP) is 3.08. The summed E-state index contributed by atoms with van der Waals surface area (Å²) >= 11 is 5.76. The van der Waals surface area contributed by atoms with Gasteiger partial charge in [-0.25, -0.2) is 9.52 Å². The average molecular weight is 331 g/mol. The number of hydrogen-bond acceptors (Lipinski definition) is 5. The van der Waals surface area contributed by atoms with Crippen molar-refractivity contribution in [1.82, 2.24) is 4.98 Å². The number of aryl methyl sites for hydroxylation is 2. The van der Waals surface area contributed by atoms with E-state index in [9.17, 15) is 10.0 Å². The van der Waals surface area contributed by atoms with Gasteiger partial charge in [-0.1, -0.05) is 6.07 Å². The Kier molecular flexibility index (Phi) is 2.86. The van der Waals surface area contributed by atoms with Gasteiger partial charge in [0.15, 0.2) is 16.7 Å². The van der Waals surface area contributed by atoms with Gasteiger partial charge in [0.1, 0.15) is 11.5 Å². The van der Waals surface area contributed by atoms with Crippen molar-refractivity contribution in [3.63, 3.8) is 0 Å². The molecule has 0 radical (unpaired) electrons. The van der Waals surface area contributed by atoms with Crippen LogP contribution in [-0.4, -0.2) is 4.98 Å². The molecule has 0 bridgehead atoms. The molecule has 4 aromatic rings. The van der Waals surface area contributed by atoms with Crippen LogP contribution in [0.2, 0.25) is 0 Å². The Morgan fingerprint density at radius 1 is 1.26 bits per heavy atom. The van der Waals surface area contributed by atoms with Gasteiger partial charge in [-0.15, -0.1) is 11.6 Å². The number of rotatable bonds is 1. The molecule has 0 spiro atoms. The third kappa shape index (κ3) is 1.85. The number of fused-ring (bicyclic) bond motifs is 5. The van der Waals surface area contributed by atoms with E-state index in [1.807, 2.05) is 19.1 Å². The van der Waals surface area contributed by atoms with E-state index in [4.69, 9.17) is 20.4 Å². The number of nitrogens with zero attached hydrogens (tertiary/aromatic N) is 2. The fourth-order valence-electron chi connectivity index (χ4n) is 2.75. The van der Waals surface area contributed by atoms with E-state index in [-0.39, 0.29) is 22.7 Å². The maximum atomic E-state index is 12.4. The number of halogens is 1. The summed E-state index contributed by atoms with van der Waals surface area (Å²) in [5.41, 5.74) is 2.10. The fraction of sp³-hybridized carbons (Fsp3) is 0.188. The minimum absolute atomic E-state index is 0.0644. The summed E-state index contributed by atoms with van der Waals surface area (Å²) in [5.74, 6) is 0.0493. The smallest absolute Gasteiger partial charge is 0.352 e. The predicted molar refractivity (Wildman–Crippen MR) is 85.5 cm³/mol. The third-order valence-corrected chi connectivity index (χ3v) is 4.14. The molecule has 23 heavy (non-hydrogen) atoms. The largest absolute Gasteiger partial charge is 0.710 e.